The van der Waals surface area contributed by atoms with E-state index in [0.29, 0.717) is 42.8 Å². The predicted octanol–water partition coefficient (Wildman–Crippen LogP) is 3.07. The van der Waals surface area contributed by atoms with Crippen LogP contribution >= 0.6 is 0 Å². The van der Waals surface area contributed by atoms with Gasteiger partial charge in [0, 0.05) is 18.5 Å². The zero-order valence-electron chi connectivity index (χ0n) is 18.0. The number of nitrogens with zero attached hydrogens (tertiary/aromatic N) is 1. The third-order valence-electron chi connectivity index (χ3n) is 6.05. The molecule has 3 aromatic carbocycles. The molecule has 0 aromatic heterocycles. The Hall–Kier alpha value is -4.07. The number of carbonyl (C=O) groups excluding carboxylic acids is 1. The van der Waals surface area contributed by atoms with Crippen LogP contribution in [0.3, 0.4) is 0 Å². The standard InChI is InChI=1S/C25H26N4O4/c26-23(27)18-5-4-15-2-1-3-17(21(15)13-18)12-22(24(30)31)16-6-8-19(9-7-16)33-20-10-11-29(14-20)25(28)32/h1-9,13,20,22H,10-12,14H2,(H3,26,27)(H2,28,32)(H,30,31)/t20-,22-/m0/s1. The molecule has 0 unspecified atom stereocenters. The molecule has 1 heterocycles. The predicted molar refractivity (Wildman–Crippen MR) is 126 cm³/mol. The molecule has 1 saturated heterocycles. The lowest BCUT2D eigenvalue weighted by Crippen LogP contribution is -2.35. The van der Waals surface area contributed by atoms with Gasteiger partial charge in [0.05, 0.1) is 12.5 Å². The number of fused-ring (bicyclic) bond motifs is 1. The number of carboxylic acids is 1. The van der Waals surface area contributed by atoms with Crippen molar-refractivity contribution in [2.45, 2.75) is 24.9 Å². The SMILES string of the molecule is N=C(N)c1ccc2cccc(C[C@H](C(=O)O)c3ccc(O[C@H]4CCN(C(N)=O)C4)cc3)c2c1. The molecule has 1 fully saturated rings. The number of ether oxygens (including phenoxy) is 1. The molecule has 6 N–H and O–H groups in total. The molecule has 170 valence electrons. The molecule has 1 aliphatic heterocycles. The van der Waals surface area contributed by atoms with Crippen LogP contribution in [0.25, 0.3) is 10.8 Å². The summed E-state index contributed by atoms with van der Waals surface area (Å²) in [5, 5.41) is 19.5. The van der Waals surface area contributed by atoms with Crippen LogP contribution in [-0.4, -0.2) is 47.0 Å². The van der Waals surface area contributed by atoms with E-state index in [0.717, 1.165) is 16.3 Å². The van der Waals surface area contributed by atoms with Crippen LogP contribution in [0.1, 0.15) is 29.0 Å². The van der Waals surface area contributed by atoms with Gasteiger partial charge in [0.1, 0.15) is 17.7 Å². The monoisotopic (exact) mass is 446 g/mol. The van der Waals surface area contributed by atoms with Crippen molar-refractivity contribution in [3.8, 4) is 5.75 Å². The van der Waals surface area contributed by atoms with Crippen LogP contribution in [0.4, 0.5) is 4.79 Å². The minimum absolute atomic E-state index is 0.0294. The summed E-state index contributed by atoms with van der Waals surface area (Å²) >= 11 is 0. The van der Waals surface area contributed by atoms with Crippen LogP contribution < -0.4 is 16.2 Å². The number of carboxylic acid groups (broad SMARTS) is 1. The summed E-state index contributed by atoms with van der Waals surface area (Å²) in [5.41, 5.74) is 13.1. The van der Waals surface area contributed by atoms with E-state index < -0.39 is 17.9 Å². The Morgan fingerprint density at radius 3 is 2.52 bits per heavy atom. The number of nitrogens with two attached hydrogens (primary N) is 2. The quantitative estimate of drug-likeness (QED) is 0.326. The summed E-state index contributed by atoms with van der Waals surface area (Å²) in [6, 6.07) is 17.9. The lowest BCUT2D eigenvalue weighted by molar-refractivity contribution is -0.138. The summed E-state index contributed by atoms with van der Waals surface area (Å²) in [4.78, 5) is 25.0. The van der Waals surface area contributed by atoms with Crippen LogP contribution in [-0.2, 0) is 11.2 Å². The van der Waals surface area contributed by atoms with Crippen LogP contribution in [0.15, 0.2) is 60.7 Å². The first-order valence-corrected chi connectivity index (χ1v) is 10.7. The molecule has 2 atom stereocenters. The zero-order valence-corrected chi connectivity index (χ0v) is 18.0. The second-order valence-electron chi connectivity index (χ2n) is 8.24. The maximum absolute atomic E-state index is 12.1. The molecule has 0 bridgehead atoms. The minimum atomic E-state index is -0.920. The summed E-state index contributed by atoms with van der Waals surface area (Å²) in [7, 11) is 0. The number of amides is 2. The van der Waals surface area contributed by atoms with Gasteiger partial charge in [-0.2, -0.15) is 0 Å². The third kappa shape index (κ3) is 4.90. The van der Waals surface area contributed by atoms with Gasteiger partial charge in [-0.05, 0) is 46.5 Å². The molecular formula is C25H26N4O4. The Kier molecular flexibility index (Phi) is 6.17. The highest BCUT2D eigenvalue weighted by atomic mass is 16.5. The van der Waals surface area contributed by atoms with Crippen molar-refractivity contribution in [1.82, 2.24) is 4.90 Å². The minimum Gasteiger partial charge on any atom is -0.489 e. The molecule has 8 heteroatoms. The number of aliphatic carboxylic acids is 1. The van der Waals surface area contributed by atoms with Gasteiger partial charge in [0.2, 0.25) is 0 Å². The first kappa shape index (κ1) is 22.1. The van der Waals surface area contributed by atoms with Gasteiger partial charge in [0.15, 0.2) is 0 Å². The molecular weight excluding hydrogens is 420 g/mol. The first-order valence-electron chi connectivity index (χ1n) is 10.7. The van der Waals surface area contributed by atoms with Gasteiger partial charge < -0.3 is 26.2 Å². The highest BCUT2D eigenvalue weighted by Crippen LogP contribution is 2.29. The number of likely N-dealkylation sites (tertiary alicyclic amines) is 1. The van der Waals surface area contributed by atoms with Gasteiger partial charge in [-0.25, -0.2) is 4.79 Å². The van der Waals surface area contributed by atoms with Crippen molar-refractivity contribution in [2.75, 3.05) is 13.1 Å². The summed E-state index contributed by atoms with van der Waals surface area (Å²) in [5.74, 6) is -1.08. The fourth-order valence-electron chi connectivity index (χ4n) is 4.25. The topological polar surface area (TPSA) is 143 Å². The van der Waals surface area contributed by atoms with E-state index in [-0.39, 0.29) is 11.9 Å². The summed E-state index contributed by atoms with van der Waals surface area (Å²) in [6.07, 6.45) is 0.862. The maximum atomic E-state index is 12.1. The van der Waals surface area contributed by atoms with Crippen molar-refractivity contribution in [2.24, 2.45) is 11.5 Å². The first-order chi connectivity index (χ1) is 15.8. The Labute approximate surface area is 191 Å². The van der Waals surface area contributed by atoms with E-state index >= 15 is 0 Å². The normalized spacial score (nSPS) is 16.5. The lowest BCUT2D eigenvalue weighted by Gasteiger charge is -2.17. The van der Waals surface area contributed by atoms with Gasteiger partial charge in [-0.1, -0.05) is 42.5 Å². The molecule has 8 nitrogen and oxygen atoms in total. The molecule has 0 saturated carbocycles. The van der Waals surface area contributed by atoms with E-state index in [1.54, 1.807) is 35.2 Å². The number of benzene rings is 3. The number of rotatable bonds is 7. The third-order valence-corrected chi connectivity index (χ3v) is 6.05. The second-order valence-corrected chi connectivity index (χ2v) is 8.24. The molecule has 1 aliphatic rings. The second kappa shape index (κ2) is 9.20. The van der Waals surface area contributed by atoms with Crippen molar-refractivity contribution in [1.29, 1.82) is 5.41 Å². The maximum Gasteiger partial charge on any atom is 0.314 e. The van der Waals surface area contributed by atoms with Crippen LogP contribution in [0, 0.1) is 5.41 Å². The van der Waals surface area contributed by atoms with Crippen molar-refractivity contribution in [3.63, 3.8) is 0 Å². The Bertz CT molecular complexity index is 1210. The smallest absolute Gasteiger partial charge is 0.314 e. The molecule has 4 rings (SSSR count). The van der Waals surface area contributed by atoms with E-state index in [2.05, 4.69) is 0 Å². The van der Waals surface area contributed by atoms with Gasteiger partial charge in [-0.15, -0.1) is 0 Å². The number of hydrogen-bond acceptors (Lipinski definition) is 4. The average molecular weight is 447 g/mol. The van der Waals surface area contributed by atoms with Crippen LogP contribution in [0.2, 0.25) is 0 Å². The molecule has 33 heavy (non-hydrogen) atoms. The van der Waals surface area contributed by atoms with Crippen molar-refractivity contribution in [3.05, 3.63) is 77.4 Å². The van der Waals surface area contributed by atoms with E-state index in [1.165, 1.54) is 0 Å². The van der Waals surface area contributed by atoms with E-state index in [4.69, 9.17) is 21.6 Å². The van der Waals surface area contributed by atoms with Crippen LogP contribution in [0.5, 0.6) is 5.75 Å². The average Bonchev–Trinajstić information content (AvgIpc) is 3.26. The Morgan fingerprint density at radius 2 is 1.88 bits per heavy atom. The summed E-state index contributed by atoms with van der Waals surface area (Å²) in [6.45, 7) is 1.01. The summed E-state index contributed by atoms with van der Waals surface area (Å²) < 4.78 is 5.93. The molecule has 3 aromatic rings. The largest absolute Gasteiger partial charge is 0.489 e. The fraction of sp³-hybridized carbons (Fsp3) is 0.240. The highest BCUT2D eigenvalue weighted by Gasteiger charge is 2.26. The lowest BCUT2D eigenvalue weighted by atomic mass is 9.89. The van der Waals surface area contributed by atoms with E-state index in [1.807, 2.05) is 30.3 Å². The number of carbonyl (C=O) groups is 2. The highest BCUT2D eigenvalue weighted by molar-refractivity contribution is 6.00. The van der Waals surface area contributed by atoms with Gasteiger partial charge in [-0.3, -0.25) is 10.2 Å². The number of amidine groups is 1. The number of urea groups is 1. The fourth-order valence-corrected chi connectivity index (χ4v) is 4.25. The molecule has 0 aliphatic carbocycles. The number of nitrogens with one attached hydrogen (secondary N) is 1. The molecule has 2 amide bonds. The number of primary amides is 1. The number of nitrogen functional groups attached to an aromatic ring is 1. The molecule has 0 radical (unpaired) electrons. The van der Waals surface area contributed by atoms with Gasteiger partial charge in [0.25, 0.3) is 0 Å². The van der Waals surface area contributed by atoms with Crippen molar-refractivity contribution < 1.29 is 19.4 Å². The van der Waals surface area contributed by atoms with Gasteiger partial charge >= 0.3 is 12.0 Å². The molecule has 0 spiro atoms. The van der Waals surface area contributed by atoms with Crippen molar-refractivity contribution >= 4 is 28.6 Å². The Morgan fingerprint density at radius 1 is 1.12 bits per heavy atom. The zero-order chi connectivity index (χ0) is 23.5. The Balaban J connectivity index is 1.54. The number of hydrogen-bond donors (Lipinski definition) is 4. The van der Waals surface area contributed by atoms with E-state index in [9.17, 15) is 14.7 Å².